The van der Waals surface area contributed by atoms with Crippen LogP contribution in [0.25, 0.3) is 0 Å². The van der Waals surface area contributed by atoms with E-state index in [1.54, 1.807) is 6.66 Å². The Balaban J connectivity index is 3.81. The SMILES string of the molecule is C[N+](C)(C)CC(=O)P([14CH3])O. The highest BCUT2D eigenvalue weighted by Gasteiger charge is 2.18. The van der Waals surface area contributed by atoms with E-state index in [0.717, 1.165) is 0 Å². The quantitative estimate of drug-likeness (QED) is 0.481. The molecular weight excluding hydrogens is 151 g/mol. The Bertz CT molecular complexity index is 128. The van der Waals surface area contributed by atoms with Gasteiger partial charge >= 0.3 is 0 Å². The average Bonchev–Trinajstić information content (AvgIpc) is 1.60. The fourth-order valence-corrected chi connectivity index (χ4v) is 1.14. The van der Waals surface area contributed by atoms with Gasteiger partial charge in [0, 0.05) is 0 Å². The van der Waals surface area contributed by atoms with Crippen LogP contribution in [-0.4, -0.2) is 49.3 Å². The van der Waals surface area contributed by atoms with Crippen LogP contribution in [0.5, 0.6) is 0 Å². The third-order valence-corrected chi connectivity index (χ3v) is 1.83. The maximum Gasteiger partial charge on any atom is 0.234 e. The second-order valence-corrected chi connectivity index (χ2v) is 4.91. The van der Waals surface area contributed by atoms with Gasteiger partial charge in [-0.3, -0.25) is 4.79 Å². The van der Waals surface area contributed by atoms with E-state index in [9.17, 15) is 4.79 Å². The van der Waals surface area contributed by atoms with Gasteiger partial charge in [0.15, 0.2) is 0 Å². The summed E-state index contributed by atoms with van der Waals surface area (Å²) < 4.78 is 0.589. The molecule has 0 saturated carbocycles. The van der Waals surface area contributed by atoms with Gasteiger partial charge in [-0.25, -0.2) is 0 Å². The number of carbonyl (C=O) groups excluding carboxylic acids is 1. The first-order chi connectivity index (χ1) is 4.33. The van der Waals surface area contributed by atoms with Gasteiger partial charge in [0.05, 0.1) is 29.3 Å². The van der Waals surface area contributed by atoms with Crippen molar-refractivity contribution in [2.45, 2.75) is 0 Å². The first-order valence-corrected chi connectivity index (χ1v) is 4.83. The Morgan fingerprint density at radius 1 is 1.60 bits per heavy atom. The van der Waals surface area contributed by atoms with Crippen LogP contribution in [0, 0.1) is 0 Å². The smallest absolute Gasteiger partial charge is 0.234 e. The van der Waals surface area contributed by atoms with Crippen molar-refractivity contribution in [1.29, 1.82) is 0 Å². The van der Waals surface area contributed by atoms with Gasteiger partial charge < -0.3 is 9.38 Å². The molecule has 0 rings (SSSR count). The fraction of sp³-hybridized carbons (Fsp3) is 0.833. The van der Waals surface area contributed by atoms with Crippen LogP contribution in [0.4, 0.5) is 0 Å². The minimum atomic E-state index is -1.38. The number of hydrogen-bond donors (Lipinski definition) is 1. The molecule has 10 heavy (non-hydrogen) atoms. The maximum atomic E-state index is 10.9. The summed E-state index contributed by atoms with van der Waals surface area (Å²) in [6.45, 7) is 1.98. The summed E-state index contributed by atoms with van der Waals surface area (Å²) in [5, 5.41) is 0. The zero-order valence-electron chi connectivity index (χ0n) is 6.96. The van der Waals surface area contributed by atoms with Gasteiger partial charge in [0.2, 0.25) is 5.52 Å². The summed E-state index contributed by atoms with van der Waals surface area (Å²) in [4.78, 5) is 19.8. The molecular formula is C6H15NO2P+. The molecule has 0 fully saturated rings. The van der Waals surface area contributed by atoms with Crippen molar-refractivity contribution < 1.29 is 14.2 Å². The Morgan fingerprint density at radius 2 is 2.00 bits per heavy atom. The summed E-state index contributed by atoms with van der Waals surface area (Å²) in [5.74, 6) is 0. The highest BCUT2D eigenvalue weighted by Crippen LogP contribution is 2.25. The molecule has 1 unspecified atom stereocenters. The van der Waals surface area contributed by atoms with E-state index in [4.69, 9.17) is 4.89 Å². The summed E-state index contributed by atoms with van der Waals surface area (Å²) in [6, 6.07) is 0. The summed E-state index contributed by atoms with van der Waals surface area (Å²) in [5.41, 5.74) is -0.0394. The van der Waals surface area contributed by atoms with E-state index in [1.165, 1.54) is 0 Å². The molecule has 0 aliphatic heterocycles. The number of rotatable bonds is 3. The lowest BCUT2D eigenvalue weighted by Gasteiger charge is -2.22. The molecule has 1 N–H and O–H groups in total. The van der Waals surface area contributed by atoms with Crippen LogP contribution >= 0.6 is 8.15 Å². The lowest BCUT2D eigenvalue weighted by Crippen LogP contribution is -2.38. The van der Waals surface area contributed by atoms with Crippen LogP contribution in [0.1, 0.15) is 0 Å². The number of hydrogen-bond acceptors (Lipinski definition) is 2. The van der Waals surface area contributed by atoms with Crippen molar-refractivity contribution in [2.75, 3.05) is 34.4 Å². The van der Waals surface area contributed by atoms with E-state index in [1.807, 2.05) is 21.1 Å². The molecule has 4 heteroatoms. The van der Waals surface area contributed by atoms with Crippen molar-refractivity contribution in [1.82, 2.24) is 0 Å². The standard InChI is InChI=1S/C6H15NO2P/c1-7(2,3)5-6(8)10(4)9/h9H,5H2,1-4H3/q+1/i4+2. The van der Waals surface area contributed by atoms with Crippen molar-refractivity contribution in [3.63, 3.8) is 0 Å². The molecule has 0 amide bonds. The number of likely N-dealkylation sites (N-methyl/N-ethyl adjacent to an activating group) is 1. The Morgan fingerprint density at radius 3 is 2.10 bits per heavy atom. The summed E-state index contributed by atoms with van der Waals surface area (Å²) in [6.07, 6.45) is 0. The van der Waals surface area contributed by atoms with Gasteiger partial charge in [0.1, 0.15) is 6.54 Å². The topological polar surface area (TPSA) is 37.3 Å². The van der Waals surface area contributed by atoms with E-state index in [0.29, 0.717) is 11.0 Å². The largest absolute Gasteiger partial charge is 0.366 e. The molecule has 0 saturated heterocycles. The molecule has 0 aromatic carbocycles. The minimum Gasteiger partial charge on any atom is -0.366 e. The molecule has 0 spiro atoms. The third kappa shape index (κ3) is 4.86. The number of quaternary nitrogens is 1. The average molecular weight is 166 g/mol. The summed E-state index contributed by atoms with van der Waals surface area (Å²) in [7, 11) is 4.40. The van der Waals surface area contributed by atoms with Gasteiger partial charge in [-0.1, -0.05) is 0 Å². The van der Waals surface area contributed by atoms with Gasteiger partial charge in [0.25, 0.3) is 0 Å². The molecule has 60 valence electrons. The molecule has 0 aliphatic carbocycles. The van der Waals surface area contributed by atoms with Crippen LogP contribution in [-0.2, 0) is 4.79 Å². The van der Waals surface area contributed by atoms with E-state index >= 15 is 0 Å². The van der Waals surface area contributed by atoms with Crippen molar-refractivity contribution in [3.05, 3.63) is 0 Å². The molecule has 0 aliphatic rings. The Kier molecular flexibility index (Phi) is 3.43. The van der Waals surface area contributed by atoms with Crippen molar-refractivity contribution >= 4 is 13.7 Å². The first kappa shape index (κ1) is 10.0. The monoisotopic (exact) mass is 166 g/mol. The molecule has 0 heterocycles. The van der Waals surface area contributed by atoms with Crippen LogP contribution in [0.2, 0.25) is 0 Å². The highest BCUT2D eigenvalue weighted by atomic mass is 31.2. The van der Waals surface area contributed by atoms with Gasteiger partial charge in [-0.15, -0.1) is 0 Å². The predicted molar refractivity (Wildman–Crippen MR) is 43.0 cm³/mol. The normalized spacial score (nSPS) is 14.9. The zero-order chi connectivity index (χ0) is 8.36. The Hall–Kier alpha value is 0.0200. The lowest BCUT2D eigenvalue weighted by atomic mass is 10.5. The zero-order valence-corrected chi connectivity index (χ0v) is 7.85. The third-order valence-electron chi connectivity index (χ3n) is 0.971. The van der Waals surface area contributed by atoms with Crippen molar-refractivity contribution in [2.24, 2.45) is 0 Å². The minimum absolute atomic E-state index is 0.0394. The number of nitrogens with zero attached hydrogens (tertiary/aromatic N) is 1. The lowest BCUT2D eigenvalue weighted by molar-refractivity contribution is -0.861. The van der Waals surface area contributed by atoms with E-state index in [2.05, 4.69) is 0 Å². The first-order valence-electron chi connectivity index (χ1n) is 3.09. The summed E-state index contributed by atoms with van der Waals surface area (Å²) >= 11 is 0. The van der Waals surface area contributed by atoms with Crippen LogP contribution < -0.4 is 0 Å². The predicted octanol–water partition coefficient (Wildman–Crippen LogP) is 0.238. The van der Waals surface area contributed by atoms with Gasteiger partial charge in [-0.05, 0) is 6.66 Å². The molecule has 1 atom stereocenters. The maximum absolute atomic E-state index is 10.9. The van der Waals surface area contributed by atoms with Gasteiger partial charge in [-0.2, -0.15) is 0 Å². The molecule has 0 bridgehead atoms. The fourth-order valence-electron chi connectivity index (χ4n) is 0.508. The molecule has 0 aromatic rings. The van der Waals surface area contributed by atoms with Crippen molar-refractivity contribution in [3.8, 4) is 0 Å². The Labute approximate surface area is 63.1 Å². The second-order valence-electron chi connectivity index (χ2n) is 3.37. The molecule has 3 nitrogen and oxygen atoms in total. The highest BCUT2D eigenvalue weighted by molar-refractivity contribution is 7.69. The van der Waals surface area contributed by atoms with E-state index < -0.39 is 8.15 Å². The second kappa shape index (κ2) is 3.42. The van der Waals surface area contributed by atoms with E-state index in [-0.39, 0.29) is 5.52 Å². The molecule has 0 radical (unpaired) electrons. The van der Waals surface area contributed by atoms with Crippen LogP contribution in [0.3, 0.4) is 0 Å². The number of carbonyl (C=O) groups is 1. The van der Waals surface area contributed by atoms with Crippen LogP contribution in [0.15, 0.2) is 0 Å². The molecule has 0 aromatic heterocycles.